The van der Waals surface area contributed by atoms with E-state index < -0.39 is 28.3 Å². The van der Waals surface area contributed by atoms with E-state index >= 15 is 0 Å². The van der Waals surface area contributed by atoms with Crippen LogP contribution in [-0.4, -0.2) is 27.1 Å². The van der Waals surface area contributed by atoms with Gasteiger partial charge in [0, 0.05) is 4.88 Å². The zero-order chi connectivity index (χ0) is 20.9. The van der Waals surface area contributed by atoms with Crippen molar-refractivity contribution in [2.75, 3.05) is 10.8 Å². The second-order valence-electron chi connectivity index (χ2n) is 6.08. The topological polar surface area (TPSA) is 78.8 Å². The fourth-order valence-electron chi connectivity index (χ4n) is 2.49. The number of benzene rings is 2. The van der Waals surface area contributed by atoms with Gasteiger partial charge < -0.3 is 0 Å². The van der Waals surface area contributed by atoms with Crippen LogP contribution in [0.1, 0.15) is 10.4 Å². The molecule has 1 N–H and O–H groups in total. The van der Waals surface area contributed by atoms with Crippen LogP contribution >= 0.6 is 11.3 Å². The Bertz CT molecular complexity index is 1110. The maximum atomic E-state index is 14.4. The number of carbonyl (C=O) groups excluding carboxylic acids is 1. The lowest BCUT2D eigenvalue weighted by Crippen LogP contribution is -2.40. The van der Waals surface area contributed by atoms with Crippen molar-refractivity contribution in [3.8, 4) is 0 Å². The monoisotopic (exact) mass is 431 g/mol. The lowest BCUT2D eigenvalue weighted by Gasteiger charge is -2.24. The molecule has 1 heterocycles. The Morgan fingerprint density at radius 1 is 1.14 bits per heavy atom. The SMILES string of the molecule is Cc1ccc(S(=O)(=O)N(CC(=O)N/N=C\c2cccs2)c2ccccc2F)cc1. The Morgan fingerprint density at radius 2 is 1.86 bits per heavy atom. The van der Waals surface area contributed by atoms with Crippen molar-refractivity contribution in [2.24, 2.45) is 5.10 Å². The van der Waals surface area contributed by atoms with Crippen molar-refractivity contribution in [1.29, 1.82) is 0 Å². The van der Waals surface area contributed by atoms with Crippen LogP contribution in [0.4, 0.5) is 10.1 Å². The third-order valence-electron chi connectivity index (χ3n) is 3.94. The number of aryl methyl sites for hydroxylation is 1. The van der Waals surface area contributed by atoms with Crippen molar-refractivity contribution >= 4 is 39.2 Å². The van der Waals surface area contributed by atoms with E-state index in [1.807, 2.05) is 24.4 Å². The summed E-state index contributed by atoms with van der Waals surface area (Å²) in [6.45, 7) is 1.20. The van der Waals surface area contributed by atoms with Crippen LogP contribution < -0.4 is 9.73 Å². The average molecular weight is 432 g/mol. The molecule has 0 fully saturated rings. The van der Waals surface area contributed by atoms with E-state index in [4.69, 9.17) is 0 Å². The second kappa shape index (κ2) is 8.97. The van der Waals surface area contributed by atoms with Crippen molar-refractivity contribution in [3.63, 3.8) is 0 Å². The molecule has 3 rings (SSSR count). The molecule has 0 aliphatic carbocycles. The summed E-state index contributed by atoms with van der Waals surface area (Å²) >= 11 is 1.43. The number of nitrogens with one attached hydrogen (secondary N) is 1. The van der Waals surface area contributed by atoms with E-state index in [1.54, 1.807) is 12.1 Å². The van der Waals surface area contributed by atoms with Crippen LogP contribution in [0.2, 0.25) is 0 Å². The van der Waals surface area contributed by atoms with E-state index in [1.165, 1.54) is 47.9 Å². The van der Waals surface area contributed by atoms with E-state index in [2.05, 4.69) is 10.5 Å². The summed E-state index contributed by atoms with van der Waals surface area (Å²) < 4.78 is 41.4. The Hall–Kier alpha value is -3.04. The predicted octanol–water partition coefficient (Wildman–Crippen LogP) is 3.54. The van der Waals surface area contributed by atoms with Gasteiger partial charge >= 0.3 is 0 Å². The summed E-state index contributed by atoms with van der Waals surface area (Å²) in [7, 11) is -4.17. The summed E-state index contributed by atoms with van der Waals surface area (Å²) in [5.41, 5.74) is 2.94. The number of hydrazone groups is 1. The van der Waals surface area contributed by atoms with Crippen LogP contribution in [0.3, 0.4) is 0 Å². The number of carbonyl (C=O) groups is 1. The highest BCUT2D eigenvalue weighted by atomic mass is 32.2. The molecular weight excluding hydrogens is 413 g/mol. The molecule has 0 saturated carbocycles. The highest BCUT2D eigenvalue weighted by Crippen LogP contribution is 2.26. The largest absolute Gasteiger partial charge is 0.271 e. The Kier molecular flexibility index (Phi) is 6.40. The number of anilines is 1. The standard InChI is InChI=1S/C20H18FN3O3S2/c1-15-8-10-17(11-9-15)29(26,27)24(19-7-3-2-6-18(19)21)14-20(25)23-22-13-16-5-4-12-28-16/h2-13H,14H2,1H3,(H,23,25)/b22-13-. The van der Waals surface area contributed by atoms with Crippen LogP contribution in [0.5, 0.6) is 0 Å². The first-order valence-corrected chi connectivity index (χ1v) is 10.9. The number of sulfonamides is 1. The molecule has 0 aliphatic heterocycles. The van der Waals surface area contributed by atoms with Gasteiger partial charge in [-0.25, -0.2) is 18.2 Å². The molecule has 6 nitrogen and oxygen atoms in total. The van der Waals surface area contributed by atoms with E-state index in [0.717, 1.165) is 20.8 Å². The van der Waals surface area contributed by atoms with Crippen LogP contribution in [0.15, 0.2) is 76.0 Å². The summed E-state index contributed by atoms with van der Waals surface area (Å²) in [5.74, 6) is -1.45. The van der Waals surface area contributed by atoms with Crippen molar-refractivity contribution in [3.05, 3.63) is 82.3 Å². The van der Waals surface area contributed by atoms with E-state index in [0.29, 0.717) is 0 Å². The van der Waals surface area contributed by atoms with Gasteiger partial charge in [-0.1, -0.05) is 35.9 Å². The number of rotatable bonds is 7. The fraction of sp³-hybridized carbons (Fsp3) is 0.100. The van der Waals surface area contributed by atoms with Gasteiger partial charge in [-0.15, -0.1) is 11.3 Å². The molecule has 0 unspecified atom stereocenters. The van der Waals surface area contributed by atoms with Crippen LogP contribution in [0.25, 0.3) is 0 Å². The molecule has 0 bridgehead atoms. The lowest BCUT2D eigenvalue weighted by atomic mass is 10.2. The molecule has 0 atom stereocenters. The van der Waals surface area contributed by atoms with Gasteiger partial charge in [0.15, 0.2) is 0 Å². The molecule has 0 radical (unpaired) electrons. The smallest absolute Gasteiger partial charge is 0.264 e. The molecule has 1 amide bonds. The normalized spacial score (nSPS) is 11.5. The summed E-state index contributed by atoms with van der Waals surface area (Å²) in [5, 5.41) is 5.68. The molecule has 29 heavy (non-hydrogen) atoms. The zero-order valence-corrected chi connectivity index (χ0v) is 17.1. The minimum atomic E-state index is -4.17. The summed E-state index contributed by atoms with van der Waals surface area (Å²) in [4.78, 5) is 13.1. The quantitative estimate of drug-likeness (QED) is 0.459. The van der Waals surface area contributed by atoms with Gasteiger partial charge in [0.25, 0.3) is 15.9 Å². The van der Waals surface area contributed by atoms with Crippen LogP contribution in [0, 0.1) is 12.7 Å². The molecule has 1 aromatic heterocycles. The highest BCUT2D eigenvalue weighted by Gasteiger charge is 2.29. The third kappa shape index (κ3) is 5.07. The Labute approximate surface area is 172 Å². The first kappa shape index (κ1) is 20.7. The van der Waals surface area contributed by atoms with E-state index in [9.17, 15) is 17.6 Å². The minimum Gasteiger partial charge on any atom is -0.271 e. The number of nitrogens with zero attached hydrogens (tertiary/aromatic N) is 2. The highest BCUT2D eigenvalue weighted by molar-refractivity contribution is 7.92. The third-order valence-corrected chi connectivity index (χ3v) is 6.52. The number of thiophene rings is 1. The Morgan fingerprint density at radius 3 is 2.52 bits per heavy atom. The van der Waals surface area contributed by atoms with Gasteiger partial charge in [-0.2, -0.15) is 5.10 Å². The second-order valence-corrected chi connectivity index (χ2v) is 8.93. The maximum Gasteiger partial charge on any atom is 0.264 e. The molecular formula is C20H18FN3O3S2. The van der Waals surface area contributed by atoms with Crippen molar-refractivity contribution in [2.45, 2.75) is 11.8 Å². The van der Waals surface area contributed by atoms with Gasteiger partial charge in [-0.3, -0.25) is 9.10 Å². The fourth-order valence-corrected chi connectivity index (χ4v) is 4.50. The van der Waals surface area contributed by atoms with Crippen molar-refractivity contribution < 1.29 is 17.6 Å². The molecule has 0 spiro atoms. The van der Waals surface area contributed by atoms with Crippen LogP contribution in [-0.2, 0) is 14.8 Å². The summed E-state index contributed by atoms with van der Waals surface area (Å²) in [6.07, 6.45) is 1.45. The molecule has 3 aromatic rings. The van der Waals surface area contributed by atoms with Gasteiger partial charge in [0.05, 0.1) is 16.8 Å². The first-order chi connectivity index (χ1) is 13.9. The first-order valence-electron chi connectivity index (χ1n) is 8.57. The van der Waals surface area contributed by atoms with Gasteiger partial charge in [0.1, 0.15) is 12.4 Å². The Balaban J connectivity index is 1.88. The zero-order valence-electron chi connectivity index (χ0n) is 15.4. The average Bonchev–Trinajstić information content (AvgIpc) is 3.20. The molecule has 0 aliphatic rings. The molecule has 150 valence electrons. The number of hydrogen-bond acceptors (Lipinski definition) is 5. The lowest BCUT2D eigenvalue weighted by molar-refractivity contribution is -0.119. The molecule has 2 aromatic carbocycles. The van der Waals surface area contributed by atoms with Crippen molar-refractivity contribution in [1.82, 2.24) is 5.43 Å². The maximum absolute atomic E-state index is 14.4. The molecule has 9 heteroatoms. The number of halogens is 1. The van der Waals surface area contributed by atoms with Gasteiger partial charge in [-0.05, 0) is 42.6 Å². The molecule has 0 saturated heterocycles. The predicted molar refractivity (Wildman–Crippen MR) is 112 cm³/mol. The van der Waals surface area contributed by atoms with E-state index in [-0.39, 0.29) is 10.6 Å². The summed E-state index contributed by atoms with van der Waals surface area (Å²) in [6, 6.07) is 15.2. The number of hydrogen-bond donors (Lipinski definition) is 1. The minimum absolute atomic E-state index is 0.0405. The van der Waals surface area contributed by atoms with Gasteiger partial charge in [0.2, 0.25) is 0 Å². The number of amides is 1. The number of para-hydroxylation sites is 1.